The predicted molar refractivity (Wildman–Crippen MR) is 263 cm³/mol. The van der Waals surface area contributed by atoms with Gasteiger partial charge in [0.1, 0.15) is 0 Å². The Hall–Kier alpha value is -6.96. The summed E-state index contributed by atoms with van der Waals surface area (Å²) < 4.78 is 0. The van der Waals surface area contributed by atoms with Crippen LogP contribution in [-0.2, 0) is 10.8 Å². The summed E-state index contributed by atoms with van der Waals surface area (Å²) in [5.41, 5.74) is 24.7. The molecule has 0 N–H and O–H groups in total. The first-order valence-electron chi connectivity index (χ1n) is 22.2. The highest BCUT2D eigenvalue weighted by molar-refractivity contribution is 5.86. The van der Waals surface area contributed by atoms with E-state index in [0.717, 1.165) is 17.8 Å². The van der Waals surface area contributed by atoms with E-state index in [2.05, 4.69) is 240 Å². The van der Waals surface area contributed by atoms with Gasteiger partial charge in [-0.15, -0.1) is 0 Å². The van der Waals surface area contributed by atoms with Crippen LogP contribution in [0.2, 0.25) is 0 Å². The van der Waals surface area contributed by atoms with Crippen LogP contribution < -0.4 is 4.90 Å². The monoisotopic (exact) mass is 797 g/mol. The maximum Gasteiger partial charge on any atom is 0.0458 e. The molecule has 0 radical (unpaired) electrons. The van der Waals surface area contributed by atoms with E-state index < -0.39 is 0 Å². The van der Waals surface area contributed by atoms with E-state index in [1.807, 2.05) is 0 Å². The molecule has 0 bridgehead atoms. The molecule has 0 spiro atoms. The fourth-order valence-corrected chi connectivity index (χ4v) is 10.7. The zero-order chi connectivity index (χ0) is 42.2. The van der Waals surface area contributed by atoms with Gasteiger partial charge in [-0.25, -0.2) is 0 Å². The van der Waals surface area contributed by atoms with Crippen molar-refractivity contribution in [2.75, 3.05) is 4.90 Å². The van der Waals surface area contributed by atoms with Crippen LogP contribution in [0.5, 0.6) is 0 Å². The van der Waals surface area contributed by atoms with Crippen LogP contribution in [0.4, 0.5) is 11.4 Å². The van der Waals surface area contributed by atoms with E-state index in [1.54, 1.807) is 0 Å². The third kappa shape index (κ3) is 6.21. The molecule has 8 aromatic rings. The minimum Gasteiger partial charge on any atom is -0.314 e. The largest absolute Gasteiger partial charge is 0.314 e. The number of allylic oxidation sites excluding steroid dienone is 4. The van der Waals surface area contributed by atoms with Crippen molar-refractivity contribution in [1.29, 1.82) is 0 Å². The van der Waals surface area contributed by atoms with Gasteiger partial charge in [0.2, 0.25) is 0 Å². The van der Waals surface area contributed by atoms with Crippen molar-refractivity contribution in [2.45, 2.75) is 51.9 Å². The topological polar surface area (TPSA) is 3.24 Å². The zero-order valence-corrected chi connectivity index (χ0v) is 36.3. The first-order chi connectivity index (χ1) is 30.1. The van der Waals surface area contributed by atoms with Crippen molar-refractivity contribution in [3.63, 3.8) is 0 Å². The molecule has 0 fully saturated rings. The maximum absolute atomic E-state index is 2.48. The molecule has 3 aliphatic rings. The molecule has 0 aliphatic heterocycles. The van der Waals surface area contributed by atoms with Gasteiger partial charge in [-0.3, -0.25) is 0 Å². The van der Waals surface area contributed by atoms with Gasteiger partial charge in [0.05, 0.1) is 0 Å². The highest BCUT2D eigenvalue weighted by Crippen LogP contribution is 2.51. The number of nitrogens with zero attached hydrogens (tertiary/aromatic N) is 1. The number of benzene rings is 8. The molecule has 1 atom stereocenters. The normalized spacial score (nSPS) is 16.4. The van der Waals surface area contributed by atoms with E-state index in [1.165, 1.54) is 94.7 Å². The van der Waals surface area contributed by atoms with Crippen LogP contribution in [0.3, 0.4) is 0 Å². The summed E-state index contributed by atoms with van der Waals surface area (Å²) in [5, 5.41) is 0. The van der Waals surface area contributed by atoms with Gasteiger partial charge in [0, 0.05) is 33.8 Å². The number of hydrogen-bond acceptors (Lipinski definition) is 1. The summed E-state index contributed by atoms with van der Waals surface area (Å²) in [6.45, 7) is 11.8. The van der Waals surface area contributed by atoms with Crippen molar-refractivity contribution < 1.29 is 0 Å². The highest BCUT2D eigenvalue weighted by atomic mass is 15.2. The number of fused-ring (bicyclic) bond motifs is 6. The Morgan fingerprint density at radius 3 is 1.27 bits per heavy atom. The van der Waals surface area contributed by atoms with Gasteiger partial charge in [0.15, 0.2) is 0 Å². The lowest BCUT2D eigenvalue weighted by Gasteiger charge is -2.34. The summed E-state index contributed by atoms with van der Waals surface area (Å²) in [7, 11) is 0. The van der Waals surface area contributed by atoms with E-state index in [4.69, 9.17) is 0 Å². The van der Waals surface area contributed by atoms with Crippen molar-refractivity contribution in [2.24, 2.45) is 5.92 Å². The minimum atomic E-state index is -0.0360. The summed E-state index contributed by atoms with van der Waals surface area (Å²) >= 11 is 0. The molecular formula is C61H51N. The van der Waals surface area contributed by atoms with Gasteiger partial charge in [0.25, 0.3) is 0 Å². The van der Waals surface area contributed by atoms with E-state index >= 15 is 0 Å². The molecule has 8 aromatic carbocycles. The van der Waals surface area contributed by atoms with Crippen molar-refractivity contribution in [3.05, 3.63) is 234 Å². The van der Waals surface area contributed by atoms with Gasteiger partial charge in [-0.2, -0.15) is 0 Å². The second-order valence-electron chi connectivity index (χ2n) is 18.6. The van der Waals surface area contributed by atoms with E-state index in [0.29, 0.717) is 5.92 Å². The molecule has 1 unspecified atom stereocenters. The lowest BCUT2D eigenvalue weighted by atomic mass is 9.80. The Kier molecular flexibility index (Phi) is 8.95. The third-order valence-corrected chi connectivity index (χ3v) is 14.2. The Labute approximate surface area is 367 Å². The van der Waals surface area contributed by atoms with Crippen molar-refractivity contribution >= 4 is 16.9 Å². The predicted octanol–water partition coefficient (Wildman–Crippen LogP) is 16.4. The molecule has 11 rings (SSSR count). The molecule has 1 nitrogen and oxygen atoms in total. The Bertz CT molecular complexity index is 3070. The lowest BCUT2D eigenvalue weighted by molar-refractivity contribution is 0.659. The molecular weight excluding hydrogens is 747 g/mol. The summed E-state index contributed by atoms with van der Waals surface area (Å²) in [6, 6.07) is 69.9. The average molecular weight is 798 g/mol. The summed E-state index contributed by atoms with van der Waals surface area (Å²) in [6.07, 6.45) is 5.72. The molecule has 300 valence electrons. The van der Waals surface area contributed by atoms with E-state index in [-0.39, 0.29) is 10.8 Å². The highest BCUT2D eigenvalue weighted by Gasteiger charge is 2.37. The van der Waals surface area contributed by atoms with Crippen LogP contribution in [0.1, 0.15) is 68.9 Å². The Morgan fingerprint density at radius 1 is 0.371 bits per heavy atom. The Morgan fingerprint density at radius 2 is 0.758 bits per heavy atom. The van der Waals surface area contributed by atoms with Crippen LogP contribution in [0.25, 0.3) is 61.2 Å². The lowest BCUT2D eigenvalue weighted by Crippen LogP contribution is -2.23. The first kappa shape index (κ1) is 38.0. The molecule has 0 saturated heterocycles. The van der Waals surface area contributed by atoms with Crippen LogP contribution >= 0.6 is 0 Å². The standard InChI is InChI=1S/C61H51N/c1-40-37-46(48-28-35-54-52-16-10-12-18-56(52)61(4,5)58(54)39-48)29-36-59(40)62(49-30-23-44(24-31-49)43-21-19-42(20-22-43)41-13-7-6-8-14-41)50-32-25-45(26-33-50)47-27-34-53-51-15-9-11-17-55(51)60(2,3)57(53)38-47/h6-36,38-40H,37H2,1-5H3. The average Bonchev–Trinajstić information content (AvgIpc) is 3.69. The zero-order valence-electron chi connectivity index (χ0n) is 36.3. The van der Waals surface area contributed by atoms with Crippen LogP contribution in [0.15, 0.2) is 206 Å². The maximum atomic E-state index is 2.48. The molecule has 0 saturated carbocycles. The molecule has 0 amide bonds. The van der Waals surface area contributed by atoms with Crippen molar-refractivity contribution in [1.82, 2.24) is 0 Å². The number of hydrogen-bond donors (Lipinski definition) is 0. The third-order valence-electron chi connectivity index (χ3n) is 14.2. The smallest absolute Gasteiger partial charge is 0.0458 e. The van der Waals surface area contributed by atoms with Gasteiger partial charge in [-0.05, 0) is 138 Å². The first-order valence-corrected chi connectivity index (χ1v) is 22.2. The number of anilines is 2. The molecule has 62 heavy (non-hydrogen) atoms. The Balaban J connectivity index is 0.946. The van der Waals surface area contributed by atoms with Crippen LogP contribution in [-0.4, -0.2) is 0 Å². The molecule has 0 aromatic heterocycles. The summed E-state index contributed by atoms with van der Waals surface area (Å²) in [5.74, 6) is 0.291. The van der Waals surface area contributed by atoms with Crippen LogP contribution in [0, 0.1) is 5.92 Å². The second-order valence-corrected chi connectivity index (χ2v) is 18.6. The van der Waals surface area contributed by atoms with Gasteiger partial charge in [-0.1, -0.05) is 192 Å². The van der Waals surface area contributed by atoms with E-state index in [9.17, 15) is 0 Å². The van der Waals surface area contributed by atoms with Gasteiger partial charge >= 0.3 is 0 Å². The molecule has 0 heterocycles. The number of rotatable bonds is 7. The summed E-state index contributed by atoms with van der Waals surface area (Å²) in [4.78, 5) is 2.48. The molecule has 3 aliphatic carbocycles. The van der Waals surface area contributed by atoms with Gasteiger partial charge < -0.3 is 4.90 Å². The SMILES string of the molecule is CC1CC(c2ccc3c(c2)C(C)(C)c2ccccc2-3)=CC=C1N(c1ccc(-c2ccc(-c3ccccc3)cc2)cc1)c1ccc(-c2ccc3c(c2)C(C)(C)c2ccccc2-3)cc1. The quantitative estimate of drug-likeness (QED) is 0.155. The van der Waals surface area contributed by atoms with Crippen molar-refractivity contribution in [3.8, 4) is 55.6 Å². The second kappa shape index (κ2) is 14.6. The minimum absolute atomic E-state index is 0.0240. The fourth-order valence-electron chi connectivity index (χ4n) is 10.7. The molecule has 1 heteroatoms. The fraction of sp³-hybridized carbons (Fsp3) is 0.148.